The molecule has 5 heteroatoms. The minimum Gasteiger partial charge on any atom is -0.370 e. The Bertz CT molecular complexity index is 387. The van der Waals surface area contributed by atoms with Gasteiger partial charge in [0.15, 0.2) is 0 Å². The first kappa shape index (κ1) is 14.1. The lowest BCUT2D eigenvalue weighted by atomic mass is 10.0. The highest BCUT2D eigenvalue weighted by molar-refractivity contribution is 5.56. The van der Waals surface area contributed by atoms with Gasteiger partial charge in [-0.25, -0.2) is 15.8 Å². The third kappa shape index (κ3) is 3.80. The Kier molecular flexibility index (Phi) is 5.39. The van der Waals surface area contributed by atoms with Gasteiger partial charge in [-0.2, -0.15) is 0 Å². The van der Waals surface area contributed by atoms with E-state index >= 15 is 0 Å². The van der Waals surface area contributed by atoms with Crippen LogP contribution in [0.1, 0.15) is 51.0 Å². The molecular formula is C14H25N5. The number of aromatic nitrogens is 2. The highest BCUT2D eigenvalue weighted by atomic mass is 15.3. The molecule has 1 saturated carbocycles. The lowest BCUT2D eigenvalue weighted by molar-refractivity contribution is 0.491. The van der Waals surface area contributed by atoms with Crippen molar-refractivity contribution in [3.05, 3.63) is 11.9 Å². The Morgan fingerprint density at radius 3 is 2.68 bits per heavy atom. The molecule has 1 aromatic rings. The molecule has 1 fully saturated rings. The lowest BCUT2D eigenvalue weighted by Gasteiger charge is -2.13. The number of hydrogen-bond acceptors (Lipinski definition) is 5. The minimum absolute atomic E-state index is 0.718. The number of nitrogens with two attached hydrogens (primary N) is 1. The molecule has 0 spiro atoms. The summed E-state index contributed by atoms with van der Waals surface area (Å²) in [6.07, 6.45) is 10.7. The van der Waals surface area contributed by atoms with Crippen molar-refractivity contribution >= 4 is 11.6 Å². The smallest absolute Gasteiger partial charge is 0.148 e. The number of nitrogen functional groups attached to an aromatic ring is 1. The van der Waals surface area contributed by atoms with Crippen LogP contribution in [0, 0.1) is 5.92 Å². The third-order valence-corrected chi connectivity index (χ3v) is 3.99. The van der Waals surface area contributed by atoms with Crippen molar-refractivity contribution in [3.8, 4) is 0 Å². The van der Waals surface area contributed by atoms with E-state index in [1.54, 1.807) is 6.33 Å². The van der Waals surface area contributed by atoms with Gasteiger partial charge in [0, 0.05) is 12.1 Å². The SMILES string of the molecule is CCc1c(NN)ncnc1NCCCC1CCCC1. The van der Waals surface area contributed by atoms with E-state index in [2.05, 4.69) is 27.6 Å². The van der Waals surface area contributed by atoms with E-state index in [0.717, 1.165) is 36.1 Å². The maximum Gasteiger partial charge on any atom is 0.148 e. The summed E-state index contributed by atoms with van der Waals surface area (Å²) in [7, 11) is 0. The van der Waals surface area contributed by atoms with Gasteiger partial charge in [-0.05, 0) is 25.2 Å². The molecule has 106 valence electrons. The summed E-state index contributed by atoms with van der Waals surface area (Å²) >= 11 is 0. The summed E-state index contributed by atoms with van der Waals surface area (Å²) in [5, 5.41) is 3.42. The summed E-state index contributed by atoms with van der Waals surface area (Å²) in [6.45, 7) is 3.06. The maximum absolute atomic E-state index is 5.46. The topological polar surface area (TPSA) is 75.9 Å². The Balaban J connectivity index is 1.81. The average Bonchev–Trinajstić information content (AvgIpc) is 2.96. The van der Waals surface area contributed by atoms with E-state index in [1.165, 1.54) is 38.5 Å². The highest BCUT2D eigenvalue weighted by Crippen LogP contribution is 2.28. The molecule has 4 N–H and O–H groups in total. The maximum atomic E-state index is 5.46. The van der Waals surface area contributed by atoms with Crippen LogP contribution in [-0.4, -0.2) is 16.5 Å². The molecule has 0 atom stereocenters. The van der Waals surface area contributed by atoms with Gasteiger partial charge in [0.2, 0.25) is 0 Å². The first-order chi connectivity index (χ1) is 9.35. The van der Waals surface area contributed by atoms with Crippen LogP contribution in [0.25, 0.3) is 0 Å². The van der Waals surface area contributed by atoms with Crippen molar-refractivity contribution in [2.75, 3.05) is 17.3 Å². The van der Waals surface area contributed by atoms with Gasteiger partial charge in [-0.1, -0.05) is 32.6 Å². The summed E-state index contributed by atoms with van der Waals surface area (Å²) in [5.41, 5.74) is 3.69. The molecule has 0 aromatic carbocycles. The van der Waals surface area contributed by atoms with Crippen LogP contribution in [0.4, 0.5) is 11.6 Å². The van der Waals surface area contributed by atoms with Crippen LogP contribution in [0.15, 0.2) is 6.33 Å². The van der Waals surface area contributed by atoms with E-state index in [9.17, 15) is 0 Å². The van der Waals surface area contributed by atoms with Crippen LogP contribution in [0.3, 0.4) is 0 Å². The zero-order valence-electron chi connectivity index (χ0n) is 11.8. The van der Waals surface area contributed by atoms with Crippen molar-refractivity contribution < 1.29 is 0 Å². The largest absolute Gasteiger partial charge is 0.370 e. The normalized spacial score (nSPS) is 15.7. The van der Waals surface area contributed by atoms with Gasteiger partial charge in [0.1, 0.15) is 18.0 Å². The van der Waals surface area contributed by atoms with E-state index in [4.69, 9.17) is 5.84 Å². The summed E-state index contributed by atoms with van der Waals surface area (Å²) < 4.78 is 0. The van der Waals surface area contributed by atoms with E-state index in [-0.39, 0.29) is 0 Å². The third-order valence-electron chi connectivity index (χ3n) is 3.99. The number of nitrogens with one attached hydrogen (secondary N) is 2. The van der Waals surface area contributed by atoms with Gasteiger partial charge >= 0.3 is 0 Å². The fourth-order valence-electron chi connectivity index (χ4n) is 2.92. The van der Waals surface area contributed by atoms with E-state index in [1.807, 2.05) is 0 Å². The van der Waals surface area contributed by atoms with Crippen LogP contribution < -0.4 is 16.6 Å². The molecule has 19 heavy (non-hydrogen) atoms. The zero-order chi connectivity index (χ0) is 13.5. The monoisotopic (exact) mass is 263 g/mol. The Morgan fingerprint density at radius 1 is 1.26 bits per heavy atom. The quantitative estimate of drug-likeness (QED) is 0.400. The molecule has 1 aliphatic rings. The molecule has 0 amide bonds. The number of nitrogens with zero attached hydrogens (tertiary/aromatic N) is 2. The fraction of sp³-hybridized carbons (Fsp3) is 0.714. The van der Waals surface area contributed by atoms with Gasteiger partial charge in [-0.15, -0.1) is 0 Å². The molecule has 0 aliphatic heterocycles. The van der Waals surface area contributed by atoms with Crippen molar-refractivity contribution in [2.45, 2.75) is 51.9 Å². The van der Waals surface area contributed by atoms with Crippen LogP contribution in [-0.2, 0) is 6.42 Å². The first-order valence-corrected chi connectivity index (χ1v) is 7.39. The predicted molar refractivity (Wildman–Crippen MR) is 78.9 cm³/mol. The molecule has 2 rings (SSSR count). The number of rotatable bonds is 7. The van der Waals surface area contributed by atoms with Gasteiger partial charge in [-0.3, -0.25) is 0 Å². The second-order valence-electron chi connectivity index (χ2n) is 5.27. The number of hydrogen-bond donors (Lipinski definition) is 3. The van der Waals surface area contributed by atoms with Crippen molar-refractivity contribution in [3.63, 3.8) is 0 Å². The second-order valence-corrected chi connectivity index (χ2v) is 5.27. The summed E-state index contributed by atoms with van der Waals surface area (Å²) in [6, 6.07) is 0. The Labute approximate surface area is 115 Å². The second kappa shape index (κ2) is 7.28. The molecule has 0 saturated heterocycles. The fourth-order valence-corrected chi connectivity index (χ4v) is 2.92. The Hall–Kier alpha value is -1.36. The van der Waals surface area contributed by atoms with Gasteiger partial charge < -0.3 is 10.7 Å². The van der Waals surface area contributed by atoms with Crippen molar-refractivity contribution in [1.29, 1.82) is 0 Å². The molecule has 1 heterocycles. The average molecular weight is 263 g/mol. The standard InChI is InChI=1S/C14H25N5/c1-2-12-13(17-10-18-14(12)19-15)16-9-5-8-11-6-3-4-7-11/h10-11H,2-9,15H2,1H3,(H2,16,17,18,19). The van der Waals surface area contributed by atoms with Crippen LogP contribution >= 0.6 is 0 Å². The molecule has 5 nitrogen and oxygen atoms in total. The first-order valence-electron chi connectivity index (χ1n) is 7.39. The molecule has 1 aliphatic carbocycles. The molecule has 1 aromatic heterocycles. The van der Waals surface area contributed by atoms with Crippen LogP contribution in [0.5, 0.6) is 0 Å². The summed E-state index contributed by atoms with van der Waals surface area (Å²) in [4.78, 5) is 8.44. The number of anilines is 2. The predicted octanol–water partition coefficient (Wildman–Crippen LogP) is 2.71. The number of hydrazine groups is 1. The van der Waals surface area contributed by atoms with Gasteiger partial charge in [0.25, 0.3) is 0 Å². The molecule has 0 unspecified atom stereocenters. The Morgan fingerprint density at radius 2 is 2.00 bits per heavy atom. The van der Waals surface area contributed by atoms with E-state index in [0.29, 0.717) is 0 Å². The molecular weight excluding hydrogens is 238 g/mol. The molecule has 0 radical (unpaired) electrons. The molecule has 0 bridgehead atoms. The zero-order valence-corrected chi connectivity index (χ0v) is 11.8. The van der Waals surface area contributed by atoms with Crippen molar-refractivity contribution in [2.24, 2.45) is 11.8 Å². The van der Waals surface area contributed by atoms with Gasteiger partial charge in [0.05, 0.1) is 0 Å². The minimum atomic E-state index is 0.718. The van der Waals surface area contributed by atoms with Crippen LogP contribution in [0.2, 0.25) is 0 Å². The summed E-state index contributed by atoms with van der Waals surface area (Å²) in [5.74, 6) is 8.05. The van der Waals surface area contributed by atoms with E-state index < -0.39 is 0 Å². The highest BCUT2D eigenvalue weighted by Gasteiger charge is 2.14. The van der Waals surface area contributed by atoms with Crippen molar-refractivity contribution in [1.82, 2.24) is 9.97 Å². The lowest BCUT2D eigenvalue weighted by Crippen LogP contribution is -2.14.